The first-order valence-corrected chi connectivity index (χ1v) is 11.5. The van der Waals surface area contributed by atoms with Crippen LogP contribution in [-0.2, 0) is 20.9 Å². The Balaban J connectivity index is 1.49. The zero-order chi connectivity index (χ0) is 23.6. The third kappa shape index (κ3) is 7.41. The second kappa shape index (κ2) is 12.1. The maximum Gasteiger partial charge on any atom is 0.308 e. The molecule has 0 radical (unpaired) electrons. The molecule has 6 nitrogen and oxygen atoms in total. The van der Waals surface area contributed by atoms with Gasteiger partial charge in [0, 0.05) is 24.7 Å². The normalized spacial score (nSPS) is 13.9. The zero-order valence-electron chi connectivity index (χ0n) is 19.0. The number of aryl methyl sites for hydroxylation is 1. The highest BCUT2D eigenvalue weighted by Crippen LogP contribution is 2.24. The highest BCUT2D eigenvalue weighted by atomic mass is 19.1. The number of halogens is 1. The molecule has 1 fully saturated rings. The number of amides is 2. The summed E-state index contributed by atoms with van der Waals surface area (Å²) in [5.41, 5.74) is 2.25. The lowest BCUT2D eigenvalue weighted by atomic mass is 9.93. The molecule has 1 aliphatic rings. The van der Waals surface area contributed by atoms with Crippen LogP contribution in [-0.4, -0.2) is 41.9 Å². The van der Waals surface area contributed by atoms with Gasteiger partial charge in [0.25, 0.3) is 11.8 Å². The SMILES string of the molecule is Cc1ccccc1C(=O)NCCC(=O)OCC(=O)N(Cc1ccc(F)cc1)C1CCCCC1. The lowest BCUT2D eigenvalue weighted by Crippen LogP contribution is -2.43. The van der Waals surface area contributed by atoms with Crippen LogP contribution in [0.15, 0.2) is 48.5 Å². The van der Waals surface area contributed by atoms with Crippen molar-refractivity contribution in [1.82, 2.24) is 10.2 Å². The van der Waals surface area contributed by atoms with Gasteiger partial charge in [0.15, 0.2) is 6.61 Å². The van der Waals surface area contributed by atoms with E-state index in [0.717, 1.165) is 43.2 Å². The van der Waals surface area contributed by atoms with Crippen molar-refractivity contribution in [3.05, 3.63) is 71.0 Å². The average Bonchev–Trinajstić information content (AvgIpc) is 2.83. The maximum absolute atomic E-state index is 13.3. The molecule has 0 heterocycles. The van der Waals surface area contributed by atoms with Gasteiger partial charge in [0.2, 0.25) is 0 Å². The summed E-state index contributed by atoms with van der Waals surface area (Å²) in [6, 6.07) is 13.4. The summed E-state index contributed by atoms with van der Waals surface area (Å²) < 4.78 is 18.5. The Morgan fingerprint density at radius 1 is 1.03 bits per heavy atom. The quantitative estimate of drug-likeness (QED) is 0.578. The molecular formula is C26H31FN2O4. The van der Waals surface area contributed by atoms with Gasteiger partial charge in [-0.2, -0.15) is 0 Å². The van der Waals surface area contributed by atoms with Gasteiger partial charge in [-0.25, -0.2) is 4.39 Å². The summed E-state index contributed by atoms with van der Waals surface area (Å²) in [6.07, 6.45) is 5.05. The van der Waals surface area contributed by atoms with E-state index in [1.165, 1.54) is 12.1 Å². The minimum atomic E-state index is -0.543. The van der Waals surface area contributed by atoms with Gasteiger partial charge in [-0.1, -0.05) is 49.6 Å². The Kier molecular flexibility index (Phi) is 8.98. The molecular weight excluding hydrogens is 423 g/mol. The van der Waals surface area contributed by atoms with E-state index in [0.29, 0.717) is 12.1 Å². The first kappa shape index (κ1) is 24.4. The summed E-state index contributed by atoms with van der Waals surface area (Å²) >= 11 is 0. The number of carbonyl (C=O) groups is 3. The first-order valence-electron chi connectivity index (χ1n) is 11.5. The number of hydrogen-bond donors (Lipinski definition) is 1. The zero-order valence-corrected chi connectivity index (χ0v) is 19.0. The minimum absolute atomic E-state index is 0.0215. The molecule has 1 saturated carbocycles. The first-order chi connectivity index (χ1) is 15.9. The Morgan fingerprint density at radius 3 is 2.42 bits per heavy atom. The van der Waals surface area contributed by atoms with Gasteiger partial charge >= 0.3 is 5.97 Å². The largest absolute Gasteiger partial charge is 0.456 e. The Labute approximate surface area is 194 Å². The topological polar surface area (TPSA) is 75.7 Å². The fraction of sp³-hybridized carbons (Fsp3) is 0.423. The molecule has 33 heavy (non-hydrogen) atoms. The number of nitrogens with zero attached hydrogens (tertiary/aromatic N) is 1. The van der Waals surface area contributed by atoms with Crippen LogP contribution in [0.3, 0.4) is 0 Å². The number of esters is 1. The molecule has 2 aromatic rings. The molecule has 176 valence electrons. The molecule has 0 unspecified atom stereocenters. The van der Waals surface area contributed by atoms with Gasteiger partial charge in [-0.05, 0) is 49.1 Å². The molecule has 7 heteroatoms. The van der Waals surface area contributed by atoms with Gasteiger partial charge in [-0.3, -0.25) is 14.4 Å². The lowest BCUT2D eigenvalue weighted by Gasteiger charge is -2.34. The van der Waals surface area contributed by atoms with Crippen molar-refractivity contribution in [2.45, 2.75) is 58.0 Å². The molecule has 1 N–H and O–H groups in total. The van der Waals surface area contributed by atoms with Gasteiger partial charge < -0.3 is 15.0 Å². The third-order valence-electron chi connectivity index (χ3n) is 5.96. The van der Waals surface area contributed by atoms with E-state index in [2.05, 4.69) is 5.32 Å². The molecule has 0 atom stereocenters. The van der Waals surface area contributed by atoms with Gasteiger partial charge in [0.1, 0.15) is 5.82 Å². The summed E-state index contributed by atoms with van der Waals surface area (Å²) in [6.45, 7) is 1.98. The van der Waals surface area contributed by atoms with E-state index in [-0.39, 0.29) is 43.2 Å². The van der Waals surface area contributed by atoms with Crippen LogP contribution in [0, 0.1) is 12.7 Å². The van der Waals surface area contributed by atoms with E-state index >= 15 is 0 Å². The van der Waals surface area contributed by atoms with E-state index in [9.17, 15) is 18.8 Å². The van der Waals surface area contributed by atoms with Crippen LogP contribution in [0.2, 0.25) is 0 Å². The molecule has 2 aromatic carbocycles. The number of rotatable bonds is 9. The van der Waals surface area contributed by atoms with Crippen LogP contribution >= 0.6 is 0 Å². The fourth-order valence-corrected chi connectivity index (χ4v) is 4.10. The molecule has 3 rings (SSSR count). The monoisotopic (exact) mass is 454 g/mol. The number of nitrogens with one attached hydrogen (secondary N) is 1. The van der Waals surface area contributed by atoms with Gasteiger partial charge in [0.05, 0.1) is 6.42 Å². The Bertz CT molecular complexity index is 955. The molecule has 0 aliphatic heterocycles. The average molecular weight is 455 g/mol. The molecule has 0 spiro atoms. The predicted octanol–water partition coefficient (Wildman–Crippen LogP) is 4.16. The number of carbonyl (C=O) groups excluding carboxylic acids is 3. The maximum atomic E-state index is 13.3. The second-order valence-corrected chi connectivity index (χ2v) is 8.42. The summed E-state index contributed by atoms with van der Waals surface area (Å²) in [4.78, 5) is 39.0. The standard InChI is InChI=1S/C26H31FN2O4/c1-19-7-5-6-10-23(19)26(32)28-16-15-25(31)33-18-24(30)29(22-8-3-2-4-9-22)17-20-11-13-21(27)14-12-20/h5-7,10-14,22H,2-4,8-9,15-18H2,1H3,(H,28,32). The fourth-order valence-electron chi connectivity index (χ4n) is 4.10. The number of hydrogen-bond acceptors (Lipinski definition) is 4. The summed E-state index contributed by atoms with van der Waals surface area (Å²) in [5, 5.41) is 2.70. The molecule has 0 aromatic heterocycles. The highest BCUT2D eigenvalue weighted by Gasteiger charge is 2.26. The van der Waals surface area contributed by atoms with Crippen molar-refractivity contribution in [2.75, 3.05) is 13.2 Å². The van der Waals surface area contributed by atoms with E-state index in [1.807, 2.05) is 19.1 Å². The van der Waals surface area contributed by atoms with E-state index in [1.54, 1.807) is 29.2 Å². The smallest absolute Gasteiger partial charge is 0.308 e. The van der Waals surface area contributed by atoms with Crippen molar-refractivity contribution < 1.29 is 23.5 Å². The van der Waals surface area contributed by atoms with Crippen molar-refractivity contribution >= 4 is 17.8 Å². The van der Waals surface area contributed by atoms with Crippen molar-refractivity contribution in [1.29, 1.82) is 0 Å². The molecule has 0 bridgehead atoms. The van der Waals surface area contributed by atoms with Crippen LogP contribution in [0.25, 0.3) is 0 Å². The van der Waals surface area contributed by atoms with Gasteiger partial charge in [-0.15, -0.1) is 0 Å². The molecule has 0 saturated heterocycles. The Morgan fingerprint density at radius 2 is 1.73 bits per heavy atom. The molecule has 1 aliphatic carbocycles. The van der Waals surface area contributed by atoms with Crippen LogP contribution < -0.4 is 5.32 Å². The van der Waals surface area contributed by atoms with Crippen LogP contribution in [0.1, 0.15) is 60.0 Å². The summed E-state index contributed by atoms with van der Waals surface area (Å²) in [5.74, 6) is -1.38. The van der Waals surface area contributed by atoms with Crippen LogP contribution in [0.4, 0.5) is 4.39 Å². The van der Waals surface area contributed by atoms with Crippen molar-refractivity contribution in [3.8, 4) is 0 Å². The number of benzene rings is 2. The van der Waals surface area contributed by atoms with E-state index in [4.69, 9.17) is 4.74 Å². The molecule has 2 amide bonds. The Hall–Kier alpha value is -3.22. The minimum Gasteiger partial charge on any atom is -0.456 e. The second-order valence-electron chi connectivity index (χ2n) is 8.42. The van der Waals surface area contributed by atoms with E-state index < -0.39 is 5.97 Å². The third-order valence-corrected chi connectivity index (χ3v) is 5.96. The highest BCUT2D eigenvalue weighted by molar-refractivity contribution is 5.95. The lowest BCUT2D eigenvalue weighted by molar-refractivity contribution is -0.153. The van der Waals surface area contributed by atoms with Crippen molar-refractivity contribution in [3.63, 3.8) is 0 Å². The van der Waals surface area contributed by atoms with Crippen molar-refractivity contribution in [2.24, 2.45) is 0 Å². The predicted molar refractivity (Wildman–Crippen MR) is 123 cm³/mol. The van der Waals surface area contributed by atoms with Crippen LogP contribution in [0.5, 0.6) is 0 Å². The number of ether oxygens (including phenoxy) is 1. The summed E-state index contributed by atoms with van der Waals surface area (Å²) in [7, 11) is 0.